The third-order valence-electron chi connectivity index (χ3n) is 7.64. The van der Waals surface area contributed by atoms with E-state index >= 15 is 0 Å². The molecule has 0 radical (unpaired) electrons. The molecule has 1 N–H and O–H groups in total. The summed E-state index contributed by atoms with van der Waals surface area (Å²) in [5.74, 6) is 2.32. The maximum atomic E-state index is 11.7. The predicted molar refractivity (Wildman–Crippen MR) is 151 cm³/mol. The van der Waals surface area contributed by atoms with E-state index < -0.39 is 16.8 Å². The molecule has 1 fully saturated rings. The van der Waals surface area contributed by atoms with Crippen molar-refractivity contribution >= 4 is 21.9 Å². The minimum atomic E-state index is -2.60. The van der Waals surface area contributed by atoms with Gasteiger partial charge in [-0.25, -0.2) is 8.42 Å². The first-order chi connectivity index (χ1) is 18.3. The molecular weight excluding hydrogens is 498 g/mol. The molecule has 3 atom stereocenters. The molecule has 0 aromatic heterocycles. The van der Waals surface area contributed by atoms with Gasteiger partial charge in [-0.05, 0) is 85.3 Å². The average molecular weight is 534 g/mol. The normalized spacial score (nSPS) is 20.3. The van der Waals surface area contributed by atoms with Crippen LogP contribution >= 0.6 is 0 Å². The zero-order valence-corrected chi connectivity index (χ0v) is 23.0. The quantitative estimate of drug-likeness (QED) is 0.363. The van der Waals surface area contributed by atoms with Crippen LogP contribution in [0.5, 0.6) is 17.2 Å². The number of thiol groups is 1. The molecule has 1 saturated heterocycles. The molecule has 38 heavy (non-hydrogen) atoms. The Labute approximate surface area is 226 Å². The SMILES string of the molecule is CC1=C(c2ccccc2C[SH](=O)=O)C(c2ccc(OC[C@H](C)N3CC[C@@H](C)C3)cc2)Oc2ccc(O)cc21. The van der Waals surface area contributed by atoms with Crippen LogP contribution in [0.1, 0.15) is 55.5 Å². The van der Waals surface area contributed by atoms with Gasteiger partial charge in [-0.2, -0.15) is 0 Å². The maximum absolute atomic E-state index is 11.7. The van der Waals surface area contributed by atoms with E-state index in [0.29, 0.717) is 18.4 Å². The van der Waals surface area contributed by atoms with Gasteiger partial charge in [-0.1, -0.05) is 43.3 Å². The molecule has 200 valence electrons. The molecule has 2 heterocycles. The standard InChI is InChI=1S/C31H35NO5S/c1-20-14-15-32(17-20)21(2)18-36-26-11-8-23(9-12-26)31-30(27-7-5-4-6-24(27)19-38(34)35)22(3)28-16-25(33)10-13-29(28)37-31/h4-13,16,20-21,31,33,38H,14-15,17-19H2,1-3H3/t20-,21+,31?/m1/s1. The van der Waals surface area contributed by atoms with Crippen LogP contribution in [0.15, 0.2) is 66.7 Å². The van der Waals surface area contributed by atoms with Crippen LogP contribution in [0.3, 0.4) is 0 Å². The minimum Gasteiger partial charge on any atom is -0.508 e. The Morgan fingerprint density at radius 2 is 1.84 bits per heavy atom. The van der Waals surface area contributed by atoms with Crippen molar-refractivity contribution in [1.82, 2.24) is 4.90 Å². The highest BCUT2D eigenvalue weighted by Gasteiger charge is 2.31. The van der Waals surface area contributed by atoms with Crippen molar-refractivity contribution in [2.45, 2.75) is 45.1 Å². The number of ether oxygens (including phenoxy) is 2. The van der Waals surface area contributed by atoms with Crippen molar-refractivity contribution in [3.8, 4) is 17.2 Å². The monoisotopic (exact) mass is 533 g/mol. The fourth-order valence-electron chi connectivity index (χ4n) is 5.51. The number of aromatic hydroxyl groups is 1. The zero-order valence-electron chi connectivity index (χ0n) is 22.1. The Morgan fingerprint density at radius 3 is 2.55 bits per heavy atom. The molecule has 6 nitrogen and oxygen atoms in total. The van der Waals surface area contributed by atoms with E-state index in [2.05, 4.69) is 18.7 Å². The van der Waals surface area contributed by atoms with Gasteiger partial charge in [-0.15, -0.1) is 0 Å². The first-order valence-electron chi connectivity index (χ1n) is 13.2. The molecule has 0 aliphatic carbocycles. The molecule has 3 aromatic carbocycles. The molecule has 0 spiro atoms. The molecule has 1 unspecified atom stereocenters. The van der Waals surface area contributed by atoms with Gasteiger partial charge in [0.2, 0.25) is 0 Å². The van der Waals surface area contributed by atoms with Gasteiger partial charge in [0, 0.05) is 23.7 Å². The Bertz CT molecular complexity index is 1400. The van der Waals surface area contributed by atoms with Gasteiger partial charge in [0.1, 0.15) is 40.7 Å². The number of nitrogens with zero attached hydrogens (tertiary/aromatic N) is 1. The summed E-state index contributed by atoms with van der Waals surface area (Å²) in [6.07, 6.45) is 0.796. The number of rotatable bonds is 8. The lowest BCUT2D eigenvalue weighted by Crippen LogP contribution is -2.35. The molecule has 0 bridgehead atoms. The summed E-state index contributed by atoms with van der Waals surface area (Å²) >= 11 is 0. The van der Waals surface area contributed by atoms with Crippen molar-refractivity contribution in [1.29, 1.82) is 0 Å². The van der Waals surface area contributed by atoms with Crippen molar-refractivity contribution in [2.75, 3.05) is 19.7 Å². The topological polar surface area (TPSA) is 76.1 Å². The second kappa shape index (κ2) is 11.2. The molecule has 0 amide bonds. The number of allylic oxidation sites excluding steroid dienone is 1. The van der Waals surface area contributed by atoms with E-state index in [4.69, 9.17) is 9.47 Å². The highest BCUT2D eigenvalue weighted by molar-refractivity contribution is 7.71. The molecule has 0 saturated carbocycles. The Hall–Kier alpha value is -3.29. The minimum absolute atomic E-state index is 0.0529. The molecule has 3 aromatic rings. The largest absolute Gasteiger partial charge is 0.508 e. The third-order valence-corrected chi connectivity index (χ3v) is 8.24. The highest BCUT2D eigenvalue weighted by Crippen LogP contribution is 2.48. The number of hydrogen-bond donors (Lipinski definition) is 2. The fourth-order valence-corrected chi connectivity index (χ4v) is 6.06. The van der Waals surface area contributed by atoms with E-state index in [1.165, 1.54) is 6.42 Å². The summed E-state index contributed by atoms with van der Waals surface area (Å²) in [4.78, 5) is 2.48. The van der Waals surface area contributed by atoms with Crippen molar-refractivity contribution in [3.63, 3.8) is 0 Å². The Balaban J connectivity index is 1.46. The average Bonchev–Trinajstić information content (AvgIpc) is 3.34. The second-order valence-corrected chi connectivity index (χ2v) is 11.5. The van der Waals surface area contributed by atoms with Crippen molar-refractivity contribution in [3.05, 3.63) is 89.0 Å². The molecule has 7 heteroatoms. The van der Waals surface area contributed by atoms with Gasteiger partial charge in [0.05, 0.1) is 5.75 Å². The lowest BCUT2D eigenvalue weighted by molar-refractivity contribution is 0.169. The van der Waals surface area contributed by atoms with Crippen LogP contribution < -0.4 is 9.47 Å². The number of hydrogen-bond acceptors (Lipinski definition) is 6. The van der Waals surface area contributed by atoms with Gasteiger partial charge in [-0.3, -0.25) is 4.90 Å². The van der Waals surface area contributed by atoms with Crippen LogP contribution in [-0.2, 0) is 16.5 Å². The van der Waals surface area contributed by atoms with E-state index in [9.17, 15) is 13.5 Å². The molecular formula is C31H35NO5S. The number of fused-ring (bicyclic) bond motifs is 1. The summed E-state index contributed by atoms with van der Waals surface area (Å²) in [6.45, 7) is 9.38. The highest BCUT2D eigenvalue weighted by atomic mass is 32.2. The lowest BCUT2D eigenvalue weighted by Gasteiger charge is -2.32. The number of phenolic OH excluding ortho intramolecular Hbond substituents is 1. The number of likely N-dealkylation sites (tertiary alicyclic amines) is 1. The van der Waals surface area contributed by atoms with Gasteiger partial charge >= 0.3 is 0 Å². The van der Waals surface area contributed by atoms with Gasteiger partial charge in [0.15, 0.2) is 0 Å². The van der Waals surface area contributed by atoms with E-state index in [1.807, 2.05) is 55.5 Å². The maximum Gasteiger partial charge on any atom is 0.150 e. The molecule has 2 aliphatic rings. The van der Waals surface area contributed by atoms with Crippen molar-refractivity contribution < 1.29 is 23.0 Å². The summed E-state index contributed by atoms with van der Waals surface area (Å²) in [7, 11) is -2.60. The van der Waals surface area contributed by atoms with Crippen LogP contribution in [0.2, 0.25) is 0 Å². The van der Waals surface area contributed by atoms with Gasteiger partial charge < -0.3 is 14.6 Å². The Morgan fingerprint density at radius 1 is 1.08 bits per heavy atom. The van der Waals surface area contributed by atoms with E-state index in [-0.39, 0.29) is 11.5 Å². The zero-order chi connectivity index (χ0) is 26.8. The number of benzene rings is 3. The lowest BCUT2D eigenvalue weighted by atomic mass is 9.84. The number of phenols is 1. The summed E-state index contributed by atoms with van der Waals surface area (Å²) < 4.78 is 36.0. The third kappa shape index (κ3) is 5.59. The van der Waals surface area contributed by atoms with Crippen LogP contribution in [-0.4, -0.2) is 44.2 Å². The van der Waals surface area contributed by atoms with E-state index in [0.717, 1.165) is 58.2 Å². The van der Waals surface area contributed by atoms with Crippen LogP contribution in [0.25, 0.3) is 11.1 Å². The summed E-state index contributed by atoms with van der Waals surface area (Å²) in [5, 5.41) is 10.1. The predicted octanol–water partition coefficient (Wildman–Crippen LogP) is 5.68. The second-order valence-electron chi connectivity index (χ2n) is 10.5. The summed E-state index contributed by atoms with van der Waals surface area (Å²) in [5.41, 5.74) is 5.11. The van der Waals surface area contributed by atoms with Crippen LogP contribution in [0.4, 0.5) is 0 Å². The fraction of sp³-hybridized carbons (Fsp3) is 0.355. The van der Waals surface area contributed by atoms with Crippen LogP contribution in [0, 0.1) is 5.92 Å². The smallest absolute Gasteiger partial charge is 0.150 e. The first-order valence-corrected chi connectivity index (χ1v) is 14.5. The summed E-state index contributed by atoms with van der Waals surface area (Å²) in [6, 6.07) is 20.9. The van der Waals surface area contributed by atoms with Crippen molar-refractivity contribution in [2.24, 2.45) is 5.92 Å². The van der Waals surface area contributed by atoms with Gasteiger partial charge in [0.25, 0.3) is 0 Å². The first kappa shape index (κ1) is 26.3. The van der Waals surface area contributed by atoms with E-state index in [1.54, 1.807) is 18.2 Å². The Kier molecular flexibility index (Phi) is 7.77. The molecule has 5 rings (SSSR count). The molecule has 2 aliphatic heterocycles.